The van der Waals surface area contributed by atoms with Crippen molar-refractivity contribution in [3.8, 4) is 5.75 Å². The molecule has 0 aliphatic carbocycles. The van der Waals surface area contributed by atoms with E-state index in [-0.39, 0.29) is 36.3 Å². The van der Waals surface area contributed by atoms with Gasteiger partial charge in [0.15, 0.2) is 18.2 Å². The standard InChI is InChI=1S/C23H27ClN6O4/c1-25-20(32)13-34-19-9-15-8-16(5-6-18(15)29(2)22(19)33)27-21-17(24)10-26-23(28-21)30-7-3-4-14(11-30)12-31/h5-6,8-10,14,31H,3-4,7,11-13H2,1-2H3,(H,25,32)(H,26,27,28)/t14-/m0/s1. The molecule has 2 aromatic heterocycles. The highest BCUT2D eigenvalue weighted by Crippen LogP contribution is 2.29. The van der Waals surface area contributed by atoms with Crippen LogP contribution in [0.2, 0.25) is 5.02 Å². The number of aliphatic hydroxyl groups is 1. The molecule has 0 radical (unpaired) electrons. The summed E-state index contributed by atoms with van der Waals surface area (Å²) in [6.07, 6.45) is 3.51. The highest BCUT2D eigenvalue weighted by molar-refractivity contribution is 6.32. The molecule has 4 rings (SSSR count). The van der Waals surface area contributed by atoms with E-state index in [2.05, 4.69) is 25.5 Å². The summed E-state index contributed by atoms with van der Waals surface area (Å²) in [6.45, 7) is 1.41. The van der Waals surface area contributed by atoms with Crippen molar-refractivity contribution in [2.24, 2.45) is 13.0 Å². The molecule has 0 unspecified atom stereocenters. The average Bonchev–Trinajstić information content (AvgIpc) is 2.86. The Balaban J connectivity index is 1.61. The first-order valence-corrected chi connectivity index (χ1v) is 11.4. The van der Waals surface area contributed by atoms with Crippen LogP contribution in [0.5, 0.6) is 5.75 Å². The lowest BCUT2D eigenvalue weighted by Crippen LogP contribution is -2.37. The topological polar surface area (TPSA) is 122 Å². The number of pyridine rings is 1. The molecule has 180 valence electrons. The number of anilines is 3. The summed E-state index contributed by atoms with van der Waals surface area (Å²) in [5.74, 6) is 0.972. The van der Waals surface area contributed by atoms with Crippen LogP contribution in [0.15, 0.2) is 35.3 Å². The van der Waals surface area contributed by atoms with Crippen molar-refractivity contribution in [2.75, 3.05) is 43.6 Å². The van der Waals surface area contributed by atoms with Gasteiger partial charge < -0.3 is 29.9 Å². The van der Waals surface area contributed by atoms with Gasteiger partial charge >= 0.3 is 0 Å². The summed E-state index contributed by atoms with van der Waals surface area (Å²) in [7, 11) is 3.15. The number of aryl methyl sites for hydroxylation is 1. The molecule has 1 fully saturated rings. The number of benzene rings is 1. The molecular formula is C23H27ClN6O4. The minimum absolute atomic E-state index is 0.0849. The fourth-order valence-corrected chi connectivity index (χ4v) is 4.12. The van der Waals surface area contributed by atoms with Crippen LogP contribution in [0.25, 0.3) is 10.9 Å². The van der Waals surface area contributed by atoms with Crippen LogP contribution in [0.4, 0.5) is 17.5 Å². The summed E-state index contributed by atoms with van der Waals surface area (Å²) in [5, 5.41) is 16.3. The van der Waals surface area contributed by atoms with Crippen LogP contribution in [0, 0.1) is 5.92 Å². The van der Waals surface area contributed by atoms with Crippen LogP contribution >= 0.6 is 11.6 Å². The minimum Gasteiger partial charge on any atom is -0.478 e. The molecule has 1 amide bonds. The first-order chi connectivity index (χ1) is 16.4. The minimum atomic E-state index is -0.330. The maximum atomic E-state index is 12.6. The lowest BCUT2D eigenvalue weighted by molar-refractivity contribution is -0.122. The monoisotopic (exact) mass is 486 g/mol. The van der Waals surface area contributed by atoms with Gasteiger partial charge in [0, 0.05) is 44.9 Å². The first kappa shape index (κ1) is 23.8. The third kappa shape index (κ3) is 5.07. The average molecular weight is 487 g/mol. The Morgan fingerprint density at radius 1 is 1.35 bits per heavy atom. The molecule has 0 bridgehead atoms. The molecule has 1 aliphatic rings. The van der Waals surface area contributed by atoms with Crippen LogP contribution in [-0.2, 0) is 11.8 Å². The number of nitrogens with one attached hydrogen (secondary N) is 2. The Labute approximate surface area is 201 Å². The number of halogens is 1. The van der Waals surface area contributed by atoms with E-state index in [4.69, 9.17) is 16.3 Å². The first-order valence-electron chi connectivity index (χ1n) is 11.0. The van der Waals surface area contributed by atoms with Crippen molar-refractivity contribution < 1.29 is 14.6 Å². The number of carbonyl (C=O) groups is 1. The molecule has 0 saturated carbocycles. The molecule has 3 N–H and O–H groups in total. The molecule has 0 spiro atoms. The number of piperidine rings is 1. The van der Waals surface area contributed by atoms with Crippen molar-refractivity contribution in [1.82, 2.24) is 19.9 Å². The van der Waals surface area contributed by atoms with Crippen LogP contribution in [-0.4, -0.2) is 58.9 Å². The van der Waals surface area contributed by atoms with Gasteiger partial charge in [0.2, 0.25) is 5.95 Å². The Morgan fingerprint density at radius 2 is 2.18 bits per heavy atom. The van der Waals surface area contributed by atoms with E-state index in [0.29, 0.717) is 34.5 Å². The van der Waals surface area contributed by atoms with Gasteiger partial charge in [-0.3, -0.25) is 9.59 Å². The number of fused-ring (bicyclic) bond motifs is 1. The number of hydrogen-bond acceptors (Lipinski definition) is 8. The second-order valence-electron chi connectivity index (χ2n) is 8.24. The number of aliphatic hydroxyl groups excluding tert-OH is 1. The lowest BCUT2D eigenvalue weighted by atomic mass is 9.99. The van der Waals surface area contributed by atoms with Crippen molar-refractivity contribution in [1.29, 1.82) is 0 Å². The largest absolute Gasteiger partial charge is 0.478 e. The van der Waals surface area contributed by atoms with Crippen molar-refractivity contribution >= 4 is 45.9 Å². The number of ether oxygens (including phenoxy) is 1. The number of likely N-dealkylation sites (N-methyl/N-ethyl adjacent to an activating group) is 1. The molecule has 1 aliphatic heterocycles. The fourth-order valence-electron chi connectivity index (χ4n) is 3.98. The summed E-state index contributed by atoms with van der Waals surface area (Å²) in [5.41, 5.74) is 1.09. The van der Waals surface area contributed by atoms with E-state index < -0.39 is 0 Å². The predicted octanol–water partition coefficient (Wildman–Crippen LogP) is 2.06. The normalized spacial score (nSPS) is 15.9. The Bertz CT molecular complexity index is 1260. The number of amides is 1. The highest BCUT2D eigenvalue weighted by atomic mass is 35.5. The van der Waals surface area contributed by atoms with Crippen LogP contribution in [0.3, 0.4) is 0 Å². The van der Waals surface area contributed by atoms with Gasteiger partial charge in [-0.15, -0.1) is 0 Å². The summed E-state index contributed by atoms with van der Waals surface area (Å²) in [4.78, 5) is 35.1. The van der Waals surface area contributed by atoms with E-state index >= 15 is 0 Å². The zero-order valence-electron chi connectivity index (χ0n) is 19.0. The molecule has 3 heterocycles. The van der Waals surface area contributed by atoms with Crippen LogP contribution in [0.1, 0.15) is 12.8 Å². The summed E-state index contributed by atoms with van der Waals surface area (Å²) < 4.78 is 6.90. The quantitative estimate of drug-likeness (QED) is 0.464. The molecule has 1 atom stereocenters. The number of hydrogen-bond donors (Lipinski definition) is 3. The van der Waals surface area contributed by atoms with E-state index in [1.165, 1.54) is 11.6 Å². The second-order valence-corrected chi connectivity index (χ2v) is 8.64. The SMILES string of the molecule is CNC(=O)COc1cc2cc(Nc3nc(N4CCC[C@H](CO)C4)ncc3Cl)ccc2n(C)c1=O. The third-order valence-electron chi connectivity index (χ3n) is 5.88. The van der Waals surface area contributed by atoms with Crippen molar-refractivity contribution in [2.45, 2.75) is 12.8 Å². The Hall–Kier alpha value is -3.37. The molecule has 1 aromatic carbocycles. The third-order valence-corrected chi connectivity index (χ3v) is 6.16. The number of rotatable bonds is 7. The van der Waals surface area contributed by atoms with Gasteiger partial charge in [-0.2, -0.15) is 4.98 Å². The van der Waals surface area contributed by atoms with Gasteiger partial charge in [-0.1, -0.05) is 11.6 Å². The Morgan fingerprint density at radius 3 is 2.94 bits per heavy atom. The van der Waals surface area contributed by atoms with Crippen LogP contribution < -0.4 is 25.8 Å². The smallest absolute Gasteiger partial charge is 0.293 e. The summed E-state index contributed by atoms with van der Waals surface area (Å²) in [6, 6.07) is 7.10. The van der Waals surface area contributed by atoms with Gasteiger partial charge in [-0.05, 0) is 43.0 Å². The second kappa shape index (κ2) is 10.3. The molecule has 3 aromatic rings. The number of nitrogens with zero attached hydrogens (tertiary/aromatic N) is 4. The molecule has 11 heteroatoms. The van der Waals surface area contributed by atoms with E-state index in [1.807, 2.05) is 18.2 Å². The zero-order chi connectivity index (χ0) is 24.2. The number of carbonyl (C=O) groups excluding carboxylic acids is 1. The molecule has 34 heavy (non-hydrogen) atoms. The molecule has 1 saturated heterocycles. The maximum Gasteiger partial charge on any atom is 0.293 e. The summed E-state index contributed by atoms with van der Waals surface area (Å²) >= 11 is 6.37. The zero-order valence-corrected chi connectivity index (χ0v) is 19.8. The fraction of sp³-hybridized carbons (Fsp3) is 0.391. The molecular weight excluding hydrogens is 460 g/mol. The lowest BCUT2D eigenvalue weighted by Gasteiger charge is -2.32. The van der Waals surface area contributed by atoms with E-state index in [0.717, 1.165) is 24.8 Å². The Kier molecular flexibility index (Phi) is 7.18. The van der Waals surface area contributed by atoms with Gasteiger partial charge in [-0.25, -0.2) is 4.98 Å². The predicted molar refractivity (Wildman–Crippen MR) is 131 cm³/mol. The van der Waals surface area contributed by atoms with Gasteiger partial charge in [0.05, 0.1) is 11.7 Å². The highest BCUT2D eigenvalue weighted by Gasteiger charge is 2.22. The molecule has 10 nitrogen and oxygen atoms in total. The van der Waals surface area contributed by atoms with E-state index in [9.17, 15) is 14.7 Å². The maximum absolute atomic E-state index is 12.6. The van der Waals surface area contributed by atoms with Crippen molar-refractivity contribution in [3.05, 3.63) is 45.8 Å². The van der Waals surface area contributed by atoms with Gasteiger partial charge in [0.1, 0.15) is 5.02 Å². The van der Waals surface area contributed by atoms with E-state index in [1.54, 1.807) is 19.3 Å². The number of aromatic nitrogens is 3. The van der Waals surface area contributed by atoms with Gasteiger partial charge in [0.25, 0.3) is 11.5 Å². The van der Waals surface area contributed by atoms with Crippen molar-refractivity contribution in [3.63, 3.8) is 0 Å².